The molecule has 138 valence electrons. The number of anilines is 1. The second-order valence-electron chi connectivity index (χ2n) is 7.08. The van der Waals surface area contributed by atoms with Crippen molar-refractivity contribution in [2.45, 2.75) is 54.4 Å². The number of aryl methyl sites for hydroxylation is 4. The van der Waals surface area contributed by atoms with E-state index in [1.807, 2.05) is 17.6 Å². The van der Waals surface area contributed by atoms with Crippen LogP contribution in [0.25, 0.3) is 16.8 Å². The molecule has 26 heavy (non-hydrogen) atoms. The number of hydrogen-bond donors (Lipinski definition) is 0. The van der Waals surface area contributed by atoms with Gasteiger partial charge >= 0.3 is 0 Å². The molecular weight excluding hydrogens is 322 g/mol. The molecule has 0 saturated carbocycles. The van der Waals surface area contributed by atoms with Crippen LogP contribution in [0.15, 0.2) is 18.3 Å². The maximum Gasteiger partial charge on any atom is 0.165 e. The van der Waals surface area contributed by atoms with Gasteiger partial charge in [-0.2, -0.15) is 9.61 Å². The first-order chi connectivity index (χ1) is 12.5. The summed E-state index contributed by atoms with van der Waals surface area (Å²) in [6, 6.07) is 4.27. The van der Waals surface area contributed by atoms with Crippen LogP contribution in [-0.2, 0) is 0 Å². The summed E-state index contributed by atoms with van der Waals surface area (Å²) in [5.74, 6) is 1.13. The Hall–Kier alpha value is -2.43. The number of aromatic nitrogens is 4. The summed E-state index contributed by atoms with van der Waals surface area (Å²) in [4.78, 5) is 11.8. The van der Waals surface area contributed by atoms with E-state index in [-0.39, 0.29) is 0 Å². The maximum absolute atomic E-state index is 4.86. The van der Waals surface area contributed by atoms with Crippen LogP contribution < -0.4 is 4.90 Å². The predicted molar refractivity (Wildman–Crippen MR) is 108 cm³/mol. The zero-order chi connectivity index (χ0) is 18.8. The molecule has 3 rings (SSSR count). The molecule has 0 aliphatic heterocycles. The standard InChI is InChI=1S/C21H29N5/c1-7-9-25(10-8-2)19-12-16(5)23-21-20(17(6)24-26(19)21)18-13-22-15(4)11-14(18)3/h11-13H,7-10H2,1-6H3. The van der Waals surface area contributed by atoms with Crippen molar-refractivity contribution < 1.29 is 0 Å². The minimum absolute atomic E-state index is 0.920. The van der Waals surface area contributed by atoms with Crippen LogP contribution in [0.4, 0.5) is 5.82 Å². The summed E-state index contributed by atoms with van der Waals surface area (Å²) in [5, 5.41) is 4.86. The number of fused-ring (bicyclic) bond motifs is 1. The largest absolute Gasteiger partial charge is 0.356 e. The Bertz CT molecular complexity index is 920. The molecule has 0 amide bonds. The lowest BCUT2D eigenvalue weighted by Crippen LogP contribution is -2.27. The summed E-state index contributed by atoms with van der Waals surface area (Å²) < 4.78 is 2.02. The maximum atomic E-state index is 4.86. The van der Waals surface area contributed by atoms with Crippen LogP contribution in [0.2, 0.25) is 0 Å². The van der Waals surface area contributed by atoms with Crippen LogP contribution in [0.3, 0.4) is 0 Å². The van der Waals surface area contributed by atoms with Gasteiger partial charge in [-0.15, -0.1) is 0 Å². The monoisotopic (exact) mass is 351 g/mol. The number of pyridine rings is 1. The molecule has 0 N–H and O–H groups in total. The quantitative estimate of drug-likeness (QED) is 0.648. The summed E-state index contributed by atoms with van der Waals surface area (Å²) >= 11 is 0. The summed E-state index contributed by atoms with van der Waals surface area (Å²) in [6.45, 7) is 14.7. The molecule has 0 aliphatic carbocycles. The second kappa shape index (κ2) is 7.44. The van der Waals surface area contributed by atoms with Crippen molar-refractivity contribution in [1.82, 2.24) is 19.6 Å². The third kappa shape index (κ3) is 3.30. The lowest BCUT2D eigenvalue weighted by atomic mass is 10.0. The van der Waals surface area contributed by atoms with Crippen molar-refractivity contribution in [1.29, 1.82) is 0 Å². The highest BCUT2D eigenvalue weighted by atomic mass is 15.3. The van der Waals surface area contributed by atoms with Gasteiger partial charge < -0.3 is 4.90 Å². The van der Waals surface area contributed by atoms with E-state index in [1.165, 1.54) is 5.56 Å². The molecule has 5 nitrogen and oxygen atoms in total. The SMILES string of the molecule is CCCN(CCC)c1cc(C)nc2c(-c3cnc(C)cc3C)c(C)nn12. The first-order valence-electron chi connectivity index (χ1n) is 9.51. The van der Waals surface area contributed by atoms with Gasteiger partial charge in [0.05, 0.1) is 11.3 Å². The molecule has 0 unspecified atom stereocenters. The third-order valence-corrected chi connectivity index (χ3v) is 4.70. The van der Waals surface area contributed by atoms with Crippen molar-refractivity contribution in [2.24, 2.45) is 0 Å². The Morgan fingerprint density at radius 3 is 2.27 bits per heavy atom. The average Bonchev–Trinajstić information content (AvgIpc) is 2.90. The molecular formula is C21H29N5. The molecule has 0 fully saturated rings. The van der Waals surface area contributed by atoms with Crippen molar-refractivity contribution in [3.05, 3.63) is 41.0 Å². The van der Waals surface area contributed by atoms with Gasteiger partial charge in [0, 0.05) is 42.3 Å². The van der Waals surface area contributed by atoms with Gasteiger partial charge in [-0.25, -0.2) is 4.98 Å². The van der Waals surface area contributed by atoms with E-state index in [0.29, 0.717) is 0 Å². The number of hydrogen-bond acceptors (Lipinski definition) is 4. The summed E-state index contributed by atoms with van der Waals surface area (Å²) in [6.07, 6.45) is 4.17. The van der Waals surface area contributed by atoms with Gasteiger partial charge in [0.1, 0.15) is 5.82 Å². The van der Waals surface area contributed by atoms with E-state index in [2.05, 4.69) is 56.6 Å². The zero-order valence-electron chi connectivity index (χ0n) is 16.8. The van der Waals surface area contributed by atoms with Gasteiger partial charge in [-0.1, -0.05) is 13.8 Å². The predicted octanol–water partition coefficient (Wildman–Crippen LogP) is 4.65. The molecule has 0 radical (unpaired) electrons. The van der Waals surface area contributed by atoms with E-state index in [0.717, 1.165) is 65.6 Å². The Morgan fingerprint density at radius 2 is 1.65 bits per heavy atom. The lowest BCUT2D eigenvalue weighted by Gasteiger charge is -2.24. The molecule has 0 spiro atoms. The number of rotatable bonds is 6. The molecule has 0 aliphatic rings. The Morgan fingerprint density at radius 1 is 0.962 bits per heavy atom. The zero-order valence-corrected chi connectivity index (χ0v) is 16.8. The third-order valence-electron chi connectivity index (χ3n) is 4.70. The fourth-order valence-electron chi connectivity index (χ4n) is 3.60. The van der Waals surface area contributed by atoms with Gasteiger partial charge in [-0.05, 0) is 52.2 Å². The molecule has 0 saturated heterocycles. The highest BCUT2D eigenvalue weighted by molar-refractivity contribution is 5.82. The Kier molecular flexibility index (Phi) is 5.25. The van der Waals surface area contributed by atoms with E-state index in [4.69, 9.17) is 10.1 Å². The Balaban J connectivity index is 2.26. The molecule has 3 aromatic heterocycles. The van der Waals surface area contributed by atoms with E-state index in [1.54, 1.807) is 0 Å². The molecule has 3 aromatic rings. The average molecular weight is 351 g/mol. The van der Waals surface area contributed by atoms with E-state index < -0.39 is 0 Å². The molecule has 0 atom stereocenters. The fourth-order valence-corrected chi connectivity index (χ4v) is 3.60. The van der Waals surface area contributed by atoms with Crippen LogP contribution in [0.5, 0.6) is 0 Å². The topological polar surface area (TPSA) is 46.3 Å². The first kappa shape index (κ1) is 18.4. The lowest BCUT2D eigenvalue weighted by molar-refractivity contribution is 0.713. The highest BCUT2D eigenvalue weighted by Gasteiger charge is 2.20. The highest BCUT2D eigenvalue weighted by Crippen LogP contribution is 2.32. The first-order valence-corrected chi connectivity index (χ1v) is 9.51. The van der Waals surface area contributed by atoms with Crippen LogP contribution in [0, 0.1) is 27.7 Å². The van der Waals surface area contributed by atoms with Crippen molar-refractivity contribution in [2.75, 3.05) is 18.0 Å². The van der Waals surface area contributed by atoms with Gasteiger partial charge in [-0.3, -0.25) is 4.98 Å². The van der Waals surface area contributed by atoms with Crippen molar-refractivity contribution >= 4 is 11.5 Å². The Labute approximate surface area is 156 Å². The van der Waals surface area contributed by atoms with Gasteiger partial charge in [0.15, 0.2) is 5.65 Å². The molecule has 0 aromatic carbocycles. The summed E-state index contributed by atoms with van der Waals surface area (Å²) in [7, 11) is 0. The van der Waals surface area contributed by atoms with Gasteiger partial charge in [0.2, 0.25) is 0 Å². The molecule has 3 heterocycles. The normalized spacial score (nSPS) is 11.3. The van der Waals surface area contributed by atoms with Crippen molar-refractivity contribution in [3.63, 3.8) is 0 Å². The second-order valence-corrected chi connectivity index (χ2v) is 7.08. The van der Waals surface area contributed by atoms with Gasteiger partial charge in [0.25, 0.3) is 0 Å². The molecule has 5 heteroatoms. The van der Waals surface area contributed by atoms with E-state index in [9.17, 15) is 0 Å². The smallest absolute Gasteiger partial charge is 0.165 e. The summed E-state index contributed by atoms with van der Waals surface area (Å²) in [5.41, 5.74) is 7.37. The minimum Gasteiger partial charge on any atom is -0.356 e. The van der Waals surface area contributed by atoms with E-state index >= 15 is 0 Å². The van der Waals surface area contributed by atoms with Crippen molar-refractivity contribution in [3.8, 4) is 11.1 Å². The van der Waals surface area contributed by atoms with Crippen LogP contribution in [0.1, 0.15) is 49.3 Å². The minimum atomic E-state index is 0.920. The molecule has 0 bridgehead atoms. The van der Waals surface area contributed by atoms with Crippen LogP contribution >= 0.6 is 0 Å². The van der Waals surface area contributed by atoms with Crippen LogP contribution in [-0.4, -0.2) is 32.7 Å². The number of nitrogens with zero attached hydrogens (tertiary/aromatic N) is 5. The fraction of sp³-hybridized carbons (Fsp3) is 0.476.